The summed E-state index contributed by atoms with van der Waals surface area (Å²) in [6.07, 6.45) is 3.21. The average Bonchev–Trinajstić information content (AvgIpc) is 3.19. The Balaban J connectivity index is 1.39. The van der Waals surface area contributed by atoms with Crippen LogP contribution in [-0.4, -0.2) is 62.1 Å². The molecule has 1 atom stereocenters. The molecule has 0 bridgehead atoms. The molecular formula is C20H30N4O3. The fourth-order valence-corrected chi connectivity index (χ4v) is 3.49. The summed E-state index contributed by atoms with van der Waals surface area (Å²) in [5, 5.41) is 9.25. The van der Waals surface area contributed by atoms with E-state index in [0.717, 1.165) is 63.5 Å². The molecule has 0 spiro atoms. The van der Waals surface area contributed by atoms with E-state index in [-0.39, 0.29) is 11.8 Å². The number of amides is 2. The average molecular weight is 374 g/mol. The van der Waals surface area contributed by atoms with Crippen molar-refractivity contribution in [2.24, 2.45) is 0 Å². The first-order valence-electron chi connectivity index (χ1n) is 9.88. The second-order valence-electron chi connectivity index (χ2n) is 7.23. The highest BCUT2D eigenvalue weighted by atomic mass is 16.5. The molecular weight excluding hydrogens is 344 g/mol. The molecule has 3 N–H and O–H groups in total. The molecule has 7 heteroatoms. The molecule has 2 heterocycles. The van der Waals surface area contributed by atoms with Gasteiger partial charge >= 0.3 is 0 Å². The Morgan fingerprint density at radius 3 is 2.85 bits per heavy atom. The number of anilines is 1. The van der Waals surface area contributed by atoms with Crippen LogP contribution in [-0.2, 0) is 20.9 Å². The number of morpholine rings is 1. The third-order valence-corrected chi connectivity index (χ3v) is 5.05. The predicted octanol–water partition coefficient (Wildman–Crippen LogP) is 1.11. The Labute approximate surface area is 160 Å². The number of carbonyl (C=O) groups is 2. The number of nitrogens with one attached hydrogen (secondary N) is 3. The minimum absolute atomic E-state index is 0.00925. The van der Waals surface area contributed by atoms with Gasteiger partial charge in [0.2, 0.25) is 11.8 Å². The van der Waals surface area contributed by atoms with Gasteiger partial charge in [-0.2, -0.15) is 0 Å². The molecule has 2 aliphatic rings. The second kappa shape index (κ2) is 10.4. The van der Waals surface area contributed by atoms with Gasteiger partial charge in [0, 0.05) is 50.7 Å². The van der Waals surface area contributed by atoms with E-state index in [1.54, 1.807) is 0 Å². The maximum Gasteiger partial charge on any atom is 0.225 e. The minimum Gasteiger partial charge on any atom is -0.379 e. The Morgan fingerprint density at radius 1 is 1.22 bits per heavy atom. The lowest BCUT2D eigenvalue weighted by atomic mass is 10.1. The smallest absolute Gasteiger partial charge is 0.225 e. The Bertz CT molecular complexity index is 625. The lowest BCUT2D eigenvalue weighted by Crippen LogP contribution is -2.38. The van der Waals surface area contributed by atoms with Crippen LogP contribution in [0.15, 0.2) is 24.3 Å². The van der Waals surface area contributed by atoms with Crippen molar-refractivity contribution in [3.8, 4) is 0 Å². The van der Waals surface area contributed by atoms with Crippen molar-refractivity contribution in [3.05, 3.63) is 29.8 Å². The van der Waals surface area contributed by atoms with Crippen LogP contribution in [0.5, 0.6) is 0 Å². The Morgan fingerprint density at radius 2 is 2.07 bits per heavy atom. The molecule has 1 aromatic rings. The number of benzene rings is 1. The van der Waals surface area contributed by atoms with Gasteiger partial charge in [0.1, 0.15) is 0 Å². The summed E-state index contributed by atoms with van der Waals surface area (Å²) in [4.78, 5) is 26.5. The zero-order valence-electron chi connectivity index (χ0n) is 15.8. The number of hydrogen-bond acceptors (Lipinski definition) is 5. The summed E-state index contributed by atoms with van der Waals surface area (Å²) < 4.78 is 5.32. The molecule has 0 aliphatic carbocycles. The largest absolute Gasteiger partial charge is 0.379 e. The van der Waals surface area contributed by atoms with Crippen LogP contribution in [0.4, 0.5) is 5.69 Å². The fraction of sp³-hybridized carbons (Fsp3) is 0.600. The van der Waals surface area contributed by atoms with Crippen LogP contribution in [0.3, 0.4) is 0 Å². The van der Waals surface area contributed by atoms with Crippen molar-refractivity contribution in [1.29, 1.82) is 0 Å². The minimum atomic E-state index is 0.00925. The maximum atomic E-state index is 12.2. The van der Waals surface area contributed by atoms with Crippen molar-refractivity contribution in [3.63, 3.8) is 0 Å². The monoisotopic (exact) mass is 374 g/mol. The molecule has 27 heavy (non-hydrogen) atoms. The lowest BCUT2D eigenvalue weighted by Gasteiger charge is -2.26. The van der Waals surface area contributed by atoms with Crippen molar-refractivity contribution in [2.45, 2.75) is 38.3 Å². The van der Waals surface area contributed by atoms with Gasteiger partial charge in [-0.1, -0.05) is 12.1 Å². The zero-order valence-corrected chi connectivity index (χ0v) is 15.8. The molecule has 2 aliphatic heterocycles. The molecule has 7 nitrogen and oxygen atoms in total. The highest BCUT2D eigenvalue weighted by Gasteiger charge is 2.17. The van der Waals surface area contributed by atoms with Crippen LogP contribution >= 0.6 is 0 Å². The van der Waals surface area contributed by atoms with E-state index in [1.165, 1.54) is 0 Å². The maximum absolute atomic E-state index is 12.2. The molecule has 2 amide bonds. The lowest BCUT2D eigenvalue weighted by molar-refractivity contribution is -0.121. The van der Waals surface area contributed by atoms with Crippen molar-refractivity contribution in [1.82, 2.24) is 15.5 Å². The van der Waals surface area contributed by atoms with E-state index >= 15 is 0 Å². The van der Waals surface area contributed by atoms with Gasteiger partial charge in [-0.3, -0.25) is 14.5 Å². The van der Waals surface area contributed by atoms with Gasteiger partial charge in [-0.15, -0.1) is 0 Å². The molecule has 2 fully saturated rings. The molecule has 1 aromatic carbocycles. The predicted molar refractivity (Wildman–Crippen MR) is 104 cm³/mol. The second-order valence-corrected chi connectivity index (χ2v) is 7.23. The summed E-state index contributed by atoms with van der Waals surface area (Å²) in [6, 6.07) is 7.96. The summed E-state index contributed by atoms with van der Waals surface area (Å²) in [7, 11) is 0. The van der Waals surface area contributed by atoms with Crippen LogP contribution in [0, 0.1) is 0 Å². The normalized spacial score (nSPS) is 20.4. The fourth-order valence-electron chi connectivity index (χ4n) is 3.49. The number of carbonyl (C=O) groups excluding carboxylic acids is 2. The van der Waals surface area contributed by atoms with Crippen LogP contribution in [0.2, 0.25) is 0 Å². The summed E-state index contributed by atoms with van der Waals surface area (Å²) in [5.41, 5.74) is 1.75. The zero-order chi connectivity index (χ0) is 18.9. The summed E-state index contributed by atoms with van der Waals surface area (Å²) in [5.74, 6) is 0.0735. The Hall–Kier alpha value is -1.96. The summed E-state index contributed by atoms with van der Waals surface area (Å²) in [6.45, 7) is 5.49. The van der Waals surface area contributed by atoms with E-state index in [2.05, 4.69) is 20.9 Å². The van der Waals surface area contributed by atoms with Gasteiger partial charge in [0.25, 0.3) is 0 Å². The molecule has 2 saturated heterocycles. The Kier molecular flexibility index (Phi) is 7.62. The quantitative estimate of drug-likeness (QED) is 0.635. The first-order chi connectivity index (χ1) is 13.2. The van der Waals surface area contributed by atoms with Gasteiger partial charge in [-0.05, 0) is 37.1 Å². The van der Waals surface area contributed by atoms with Gasteiger partial charge < -0.3 is 20.7 Å². The van der Waals surface area contributed by atoms with Crippen LogP contribution in [0.1, 0.15) is 31.2 Å². The van der Waals surface area contributed by atoms with Crippen molar-refractivity contribution >= 4 is 17.5 Å². The summed E-state index contributed by atoms with van der Waals surface area (Å²) >= 11 is 0. The van der Waals surface area contributed by atoms with Crippen molar-refractivity contribution in [2.75, 3.05) is 44.7 Å². The van der Waals surface area contributed by atoms with Gasteiger partial charge in [-0.25, -0.2) is 0 Å². The van der Waals surface area contributed by atoms with Crippen molar-refractivity contribution < 1.29 is 14.3 Å². The molecule has 1 unspecified atom stereocenters. The molecule has 0 saturated carbocycles. The molecule has 3 rings (SSSR count). The van der Waals surface area contributed by atoms with E-state index < -0.39 is 0 Å². The number of hydrogen-bond donors (Lipinski definition) is 3. The first-order valence-corrected chi connectivity index (χ1v) is 9.88. The topological polar surface area (TPSA) is 82.7 Å². The third kappa shape index (κ3) is 6.93. The van der Waals surface area contributed by atoms with Gasteiger partial charge in [0.15, 0.2) is 0 Å². The SMILES string of the molecule is O=C(CC1CCCN1)NCc1cccc(NC(=O)CCN2CCOCC2)c1. The third-order valence-electron chi connectivity index (χ3n) is 5.05. The number of rotatable bonds is 8. The van der Waals surface area contributed by atoms with E-state index in [1.807, 2.05) is 24.3 Å². The van der Waals surface area contributed by atoms with E-state index in [0.29, 0.717) is 25.4 Å². The van der Waals surface area contributed by atoms with E-state index in [4.69, 9.17) is 4.74 Å². The number of nitrogens with zero attached hydrogens (tertiary/aromatic N) is 1. The van der Waals surface area contributed by atoms with Crippen LogP contribution < -0.4 is 16.0 Å². The number of ether oxygens (including phenoxy) is 1. The standard InChI is InChI=1S/C20H30N4O3/c25-19(6-8-24-9-11-27-12-10-24)23-18-4-1-3-16(13-18)15-22-20(26)14-17-5-2-7-21-17/h1,3-4,13,17,21H,2,5-12,14-15H2,(H,22,26)(H,23,25). The van der Waals surface area contributed by atoms with E-state index in [9.17, 15) is 9.59 Å². The van der Waals surface area contributed by atoms with Gasteiger partial charge in [0.05, 0.1) is 13.2 Å². The highest BCUT2D eigenvalue weighted by Crippen LogP contribution is 2.12. The molecule has 148 valence electrons. The van der Waals surface area contributed by atoms with Crippen LogP contribution in [0.25, 0.3) is 0 Å². The highest BCUT2D eigenvalue weighted by molar-refractivity contribution is 5.90. The first kappa shape index (κ1) is 19.8. The molecule has 0 aromatic heterocycles. The molecule has 0 radical (unpaired) electrons.